The van der Waals surface area contributed by atoms with Gasteiger partial charge in [-0.1, -0.05) is 17.7 Å². The zero-order chi connectivity index (χ0) is 21.4. The predicted molar refractivity (Wildman–Crippen MR) is 118 cm³/mol. The highest BCUT2D eigenvalue weighted by Gasteiger charge is 2.13. The number of amides is 1. The fourth-order valence-electron chi connectivity index (χ4n) is 4.13. The van der Waals surface area contributed by atoms with Crippen LogP contribution < -0.4 is 10.9 Å². The van der Waals surface area contributed by atoms with Gasteiger partial charge in [0.2, 0.25) is 5.91 Å². The van der Waals surface area contributed by atoms with Gasteiger partial charge in [-0.15, -0.1) is 0 Å². The third-order valence-electron chi connectivity index (χ3n) is 5.43. The molecule has 0 radical (unpaired) electrons. The van der Waals surface area contributed by atoms with Gasteiger partial charge in [0.1, 0.15) is 11.3 Å². The number of benzene rings is 2. The SMILES string of the molecule is Cc1cc(C)c(NC(=O)CCCn2c(=O)c3cccn3c3ccc(F)cc32)c(C)c1. The quantitative estimate of drug-likeness (QED) is 0.522. The lowest BCUT2D eigenvalue weighted by Crippen LogP contribution is -2.23. The molecule has 0 atom stereocenters. The Kier molecular flexibility index (Phi) is 5.16. The van der Waals surface area contributed by atoms with Crippen LogP contribution in [0.1, 0.15) is 29.5 Å². The summed E-state index contributed by atoms with van der Waals surface area (Å²) < 4.78 is 17.2. The maximum Gasteiger partial charge on any atom is 0.275 e. The molecule has 0 spiro atoms. The van der Waals surface area contributed by atoms with Gasteiger partial charge >= 0.3 is 0 Å². The van der Waals surface area contributed by atoms with E-state index >= 15 is 0 Å². The average molecular weight is 405 g/mol. The maximum absolute atomic E-state index is 13.9. The van der Waals surface area contributed by atoms with Crippen molar-refractivity contribution in [2.45, 2.75) is 40.2 Å². The fourth-order valence-corrected chi connectivity index (χ4v) is 4.13. The van der Waals surface area contributed by atoms with Crippen LogP contribution in [0.3, 0.4) is 0 Å². The molecule has 0 unspecified atom stereocenters. The first-order valence-corrected chi connectivity index (χ1v) is 10.0. The number of fused-ring (bicyclic) bond motifs is 3. The summed E-state index contributed by atoms with van der Waals surface area (Å²) >= 11 is 0. The number of carbonyl (C=O) groups excluding carboxylic acids is 1. The largest absolute Gasteiger partial charge is 0.326 e. The number of carbonyl (C=O) groups is 1. The third kappa shape index (κ3) is 3.61. The molecule has 2 heterocycles. The zero-order valence-corrected chi connectivity index (χ0v) is 17.3. The highest BCUT2D eigenvalue weighted by atomic mass is 19.1. The number of hydrogen-bond acceptors (Lipinski definition) is 2. The van der Waals surface area contributed by atoms with Crippen LogP contribution in [0.15, 0.2) is 53.5 Å². The second-order valence-electron chi connectivity index (χ2n) is 7.78. The van der Waals surface area contributed by atoms with E-state index in [1.807, 2.05) is 32.9 Å². The first kappa shape index (κ1) is 19.9. The Morgan fingerprint density at radius 3 is 2.47 bits per heavy atom. The van der Waals surface area contributed by atoms with Gasteiger partial charge in [-0.2, -0.15) is 0 Å². The van der Waals surface area contributed by atoms with Crippen molar-refractivity contribution in [1.29, 1.82) is 0 Å². The molecule has 0 saturated carbocycles. The minimum absolute atomic E-state index is 0.0997. The number of aromatic nitrogens is 2. The van der Waals surface area contributed by atoms with Gasteiger partial charge in [-0.25, -0.2) is 4.39 Å². The molecule has 1 N–H and O–H groups in total. The maximum atomic E-state index is 13.9. The van der Waals surface area contributed by atoms with Crippen LogP contribution in [0.25, 0.3) is 16.6 Å². The lowest BCUT2D eigenvalue weighted by atomic mass is 10.0. The normalized spacial score (nSPS) is 11.3. The molecule has 154 valence electrons. The van der Waals surface area contributed by atoms with Crippen molar-refractivity contribution < 1.29 is 9.18 Å². The monoisotopic (exact) mass is 405 g/mol. The van der Waals surface area contributed by atoms with E-state index in [0.717, 1.165) is 27.9 Å². The van der Waals surface area contributed by atoms with Crippen molar-refractivity contribution in [1.82, 2.24) is 8.97 Å². The van der Waals surface area contributed by atoms with E-state index in [1.165, 1.54) is 12.1 Å². The second kappa shape index (κ2) is 7.78. The van der Waals surface area contributed by atoms with Gasteiger partial charge in [0.15, 0.2) is 0 Å². The summed E-state index contributed by atoms with van der Waals surface area (Å²) in [6.45, 7) is 6.31. The second-order valence-corrected chi connectivity index (χ2v) is 7.78. The number of anilines is 1. The summed E-state index contributed by atoms with van der Waals surface area (Å²) in [5, 5.41) is 2.99. The number of halogens is 1. The lowest BCUT2D eigenvalue weighted by Gasteiger charge is -2.14. The Morgan fingerprint density at radius 2 is 1.73 bits per heavy atom. The predicted octanol–water partition coefficient (Wildman–Crippen LogP) is 4.74. The topological polar surface area (TPSA) is 55.5 Å². The van der Waals surface area contributed by atoms with Gasteiger partial charge in [-0.3, -0.25) is 9.59 Å². The fraction of sp³-hybridized carbons (Fsp3) is 0.250. The highest BCUT2D eigenvalue weighted by Crippen LogP contribution is 2.22. The smallest absolute Gasteiger partial charge is 0.275 e. The summed E-state index contributed by atoms with van der Waals surface area (Å²) in [5.74, 6) is -0.498. The van der Waals surface area contributed by atoms with E-state index in [4.69, 9.17) is 0 Å². The molecule has 0 saturated heterocycles. The van der Waals surface area contributed by atoms with E-state index in [2.05, 4.69) is 5.32 Å². The van der Waals surface area contributed by atoms with Crippen LogP contribution in [0, 0.1) is 26.6 Å². The van der Waals surface area contributed by atoms with E-state index in [-0.39, 0.29) is 17.9 Å². The van der Waals surface area contributed by atoms with Crippen molar-refractivity contribution >= 4 is 28.1 Å². The Labute approximate surface area is 173 Å². The molecule has 2 aromatic heterocycles. The molecule has 4 rings (SSSR count). The molecule has 6 heteroatoms. The summed E-state index contributed by atoms with van der Waals surface area (Å²) in [6.07, 6.45) is 2.53. The van der Waals surface area contributed by atoms with E-state index in [9.17, 15) is 14.0 Å². The molecular weight excluding hydrogens is 381 g/mol. The Hall–Kier alpha value is -3.41. The third-order valence-corrected chi connectivity index (χ3v) is 5.43. The minimum Gasteiger partial charge on any atom is -0.326 e. The van der Waals surface area contributed by atoms with Crippen molar-refractivity contribution in [3.63, 3.8) is 0 Å². The molecule has 5 nitrogen and oxygen atoms in total. The lowest BCUT2D eigenvalue weighted by molar-refractivity contribution is -0.116. The molecule has 0 aliphatic rings. The van der Waals surface area contributed by atoms with Gasteiger partial charge in [0.25, 0.3) is 5.56 Å². The van der Waals surface area contributed by atoms with Crippen molar-refractivity contribution in [3.8, 4) is 0 Å². The van der Waals surface area contributed by atoms with Crippen LogP contribution in [0.5, 0.6) is 0 Å². The Bertz CT molecular complexity index is 1310. The molecule has 30 heavy (non-hydrogen) atoms. The summed E-state index contributed by atoms with van der Waals surface area (Å²) in [6, 6.07) is 12.0. The number of rotatable bonds is 5. The van der Waals surface area contributed by atoms with Crippen LogP contribution in [-0.2, 0) is 11.3 Å². The molecule has 0 bridgehead atoms. The summed E-state index contributed by atoms with van der Waals surface area (Å²) in [7, 11) is 0. The van der Waals surface area contributed by atoms with E-state index in [0.29, 0.717) is 24.0 Å². The first-order valence-electron chi connectivity index (χ1n) is 10.0. The van der Waals surface area contributed by atoms with Gasteiger partial charge in [-0.05, 0) is 68.7 Å². The summed E-state index contributed by atoms with van der Waals surface area (Å²) in [5.41, 5.74) is 5.66. The van der Waals surface area contributed by atoms with Gasteiger partial charge in [0.05, 0.1) is 11.0 Å². The van der Waals surface area contributed by atoms with Crippen LogP contribution in [0.4, 0.5) is 10.1 Å². The molecule has 0 aliphatic carbocycles. The number of aryl methyl sites for hydroxylation is 4. The number of nitrogens with zero attached hydrogens (tertiary/aromatic N) is 2. The van der Waals surface area contributed by atoms with Crippen LogP contribution >= 0.6 is 0 Å². The van der Waals surface area contributed by atoms with E-state index < -0.39 is 5.82 Å². The van der Waals surface area contributed by atoms with Gasteiger partial charge in [0, 0.05) is 24.8 Å². The van der Waals surface area contributed by atoms with Crippen LogP contribution in [0.2, 0.25) is 0 Å². The molecule has 1 amide bonds. The Morgan fingerprint density at radius 1 is 1.00 bits per heavy atom. The number of nitrogens with one attached hydrogen (secondary N) is 1. The minimum atomic E-state index is -0.398. The van der Waals surface area contributed by atoms with Crippen LogP contribution in [-0.4, -0.2) is 14.9 Å². The molecule has 0 aliphatic heterocycles. The molecule has 4 aromatic rings. The Balaban J connectivity index is 1.55. The van der Waals surface area contributed by atoms with Crippen molar-refractivity contribution in [3.05, 3.63) is 81.5 Å². The first-order chi connectivity index (χ1) is 14.3. The van der Waals surface area contributed by atoms with Crippen molar-refractivity contribution in [2.75, 3.05) is 5.32 Å². The number of hydrogen-bond donors (Lipinski definition) is 1. The average Bonchev–Trinajstić information content (AvgIpc) is 3.17. The summed E-state index contributed by atoms with van der Waals surface area (Å²) in [4.78, 5) is 25.4. The van der Waals surface area contributed by atoms with Gasteiger partial charge < -0.3 is 14.3 Å². The molecule has 0 fully saturated rings. The zero-order valence-electron chi connectivity index (χ0n) is 17.3. The van der Waals surface area contributed by atoms with E-state index in [1.54, 1.807) is 33.4 Å². The standard InChI is InChI=1S/C24H24FN3O2/c1-15-12-16(2)23(17(3)13-15)26-22(29)7-5-11-28-21-14-18(25)8-9-19(21)27-10-4-6-20(27)24(28)30/h4,6,8-10,12-14H,5,7,11H2,1-3H3,(H,26,29). The highest BCUT2D eigenvalue weighted by molar-refractivity contribution is 5.92. The molecular formula is C24H24FN3O2. The molecule has 2 aromatic carbocycles. The van der Waals surface area contributed by atoms with Crippen molar-refractivity contribution in [2.24, 2.45) is 0 Å².